The fourth-order valence-corrected chi connectivity index (χ4v) is 5.44. The van der Waals surface area contributed by atoms with Gasteiger partial charge in [-0.15, -0.1) is 0 Å². The molecule has 2 heterocycles. The van der Waals surface area contributed by atoms with Crippen LogP contribution >= 0.6 is 0 Å². The van der Waals surface area contributed by atoms with E-state index in [1.807, 2.05) is 0 Å². The van der Waals surface area contributed by atoms with Crippen molar-refractivity contribution in [1.82, 2.24) is 4.90 Å². The fraction of sp³-hybridized carbons (Fsp3) is 0.650. The molecule has 1 spiro atoms. The van der Waals surface area contributed by atoms with Crippen LogP contribution in [0.5, 0.6) is 0 Å². The van der Waals surface area contributed by atoms with E-state index in [-0.39, 0.29) is 11.0 Å². The molecule has 4 unspecified atom stereocenters. The van der Waals surface area contributed by atoms with Crippen LogP contribution in [0.25, 0.3) is 0 Å². The van der Waals surface area contributed by atoms with Crippen LogP contribution in [0, 0.1) is 11.3 Å². The van der Waals surface area contributed by atoms with Gasteiger partial charge in [0.1, 0.15) is 0 Å². The molecule has 0 amide bonds. The lowest BCUT2D eigenvalue weighted by molar-refractivity contribution is -0.0444. The predicted octanol–water partition coefficient (Wildman–Crippen LogP) is 4.08. The highest BCUT2D eigenvalue weighted by atomic mass is 16.7. The highest BCUT2D eigenvalue weighted by molar-refractivity contribution is 6.04. The lowest BCUT2D eigenvalue weighted by Gasteiger charge is -2.39. The summed E-state index contributed by atoms with van der Waals surface area (Å²) < 4.78 is 0. The number of benzene rings is 1. The third-order valence-electron chi connectivity index (χ3n) is 6.14. The Morgan fingerprint density at radius 1 is 1.26 bits per heavy atom. The molecule has 23 heavy (non-hydrogen) atoms. The zero-order valence-electron chi connectivity index (χ0n) is 14.7. The summed E-state index contributed by atoms with van der Waals surface area (Å²) in [5.41, 5.74) is 2.53. The number of rotatable bonds is 2. The van der Waals surface area contributed by atoms with Crippen molar-refractivity contribution in [1.29, 1.82) is 0 Å². The number of likely N-dealkylation sites (N-methyl/N-ethyl adjacent to an activating group) is 1. The standard InChI is InChI=1S/C20H28N2O/c1-5-22-15-12-9-13-20(15)16(18(22)19(2,3)4)17(21-23-20)14-10-7-6-8-11-14/h6-8,10-11,15-16,18H,5,9,12-13H2,1-4H3. The van der Waals surface area contributed by atoms with Crippen LogP contribution < -0.4 is 0 Å². The van der Waals surface area contributed by atoms with Crippen molar-refractivity contribution in [3.8, 4) is 0 Å². The van der Waals surface area contributed by atoms with Crippen LogP contribution in [0.2, 0.25) is 0 Å². The summed E-state index contributed by atoms with van der Waals surface area (Å²) >= 11 is 0. The lowest BCUT2D eigenvalue weighted by Crippen LogP contribution is -2.47. The van der Waals surface area contributed by atoms with Gasteiger partial charge in [-0.1, -0.05) is 63.2 Å². The number of likely N-dealkylation sites (tertiary alicyclic amines) is 1. The molecule has 4 rings (SSSR count). The monoisotopic (exact) mass is 312 g/mol. The summed E-state index contributed by atoms with van der Waals surface area (Å²) in [6, 6.07) is 11.6. The van der Waals surface area contributed by atoms with Crippen molar-refractivity contribution in [3.05, 3.63) is 35.9 Å². The van der Waals surface area contributed by atoms with Gasteiger partial charge >= 0.3 is 0 Å². The van der Waals surface area contributed by atoms with Crippen molar-refractivity contribution in [2.45, 2.75) is 64.6 Å². The molecule has 4 atom stereocenters. The molecule has 3 aliphatic rings. The van der Waals surface area contributed by atoms with Gasteiger partial charge in [0, 0.05) is 6.04 Å². The van der Waals surface area contributed by atoms with Gasteiger partial charge in [-0.25, -0.2) is 0 Å². The second-order valence-corrected chi connectivity index (χ2v) is 8.42. The summed E-state index contributed by atoms with van der Waals surface area (Å²) in [6.07, 6.45) is 3.64. The Bertz CT molecular complexity index is 618. The maximum absolute atomic E-state index is 6.26. The summed E-state index contributed by atoms with van der Waals surface area (Å²) in [5.74, 6) is 0.386. The Labute approximate surface area is 139 Å². The van der Waals surface area contributed by atoms with E-state index in [2.05, 4.69) is 68.1 Å². The zero-order chi connectivity index (χ0) is 16.2. The number of oxime groups is 1. The van der Waals surface area contributed by atoms with Crippen LogP contribution in [-0.2, 0) is 4.84 Å². The first kappa shape index (κ1) is 15.2. The molecule has 2 fully saturated rings. The quantitative estimate of drug-likeness (QED) is 0.822. The van der Waals surface area contributed by atoms with E-state index in [9.17, 15) is 0 Å². The molecule has 2 aliphatic heterocycles. The molecular weight excluding hydrogens is 284 g/mol. The second kappa shape index (κ2) is 5.07. The first-order chi connectivity index (χ1) is 11.0. The molecule has 0 radical (unpaired) electrons. The van der Waals surface area contributed by atoms with Crippen molar-refractivity contribution >= 4 is 5.71 Å². The van der Waals surface area contributed by atoms with Crippen LogP contribution in [0.3, 0.4) is 0 Å². The first-order valence-corrected chi connectivity index (χ1v) is 9.06. The average Bonchev–Trinajstić information content (AvgIpc) is 3.15. The Kier molecular flexibility index (Phi) is 3.35. The van der Waals surface area contributed by atoms with Gasteiger partial charge in [0.05, 0.1) is 17.7 Å². The van der Waals surface area contributed by atoms with Gasteiger partial charge in [0.2, 0.25) is 0 Å². The minimum atomic E-state index is -0.0842. The lowest BCUT2D eigenvalue weighted by atomic mass is 9.71. The topological polar surface area (TPSA) is 24.8 Å². The van der Waals surface area contributed by atoms with Gasteiger partial charge in [0.25, 0.3) is 0 Å². The van der Waals surface area contributed by atoms with Crippen LogP contribution in [0.4, 0.5) is 0 Å². The fourth-order valence-electron chi connectivity index (χ4n) is 5.44. The largest absolute Gasteiger partial charge is 0.386 e. The summed E-state index contributed by atoms with van der Waals surface area (Å²) in [6.45, 7) is 10.5. The van der Waals surface area contributed by atoms with Crippen molar-refractivity contribution < 1.29 is 4.84 Å². The molecule has 0 bridgehead atoms. The zero-order valence-corrected chi connectivity index (χ0v) is 14.7. The van der Waals surface area contributed by atoms with E-state index in [0.29, 0.717) is 18.0 Å². The minimum absolute atomic E-state index is 0.0842. The van der Waals surface area contributed by atoms with E-state index in [4.69, 9.17) is 4.84 Å². The third-order valence-corrected chi connectivity index (χ3v) is 6.14. The Morgan fingerprint density at radius 3 is 2.65 bits per heavy atom. The number of hydrogen-bond acceptors (Lipinski definition) is 3. The van der Waals surface area contributed by atoms with Gasteiger partial charge < -0.3 is 4.84 Å². The molecule has 3 heteroatoms. The van der Waals surface area contributed by atoms with E-state index >= 15 is 0 Å². The van der Waals surface area contributed by atoms with Crippen molar-refractivity contribution in [2.75, 3.05) is 6.54 Å². The van der Waals surface area contributed by atoms with Gasteiger partial charge in [-0.05, 0) is 36.8 Å². The Morgan fingerprint density at radius 2 is 2.00 bits per heavy atom. The minimum Gasteiger partial charge on any atom is -0.386 e. The third kappa shape index (κ3) is 2.02. The predicted molar refractivity (Wildman–Crippen MR) is 93.5 cm³/mol. The van der Waals surface area contributed by atoms with Crippen molar-refractivity contribution in [3.63, 3.8) is 0 Å². The molecule has 1 aromatic carbocycles. The maximum Gasteiger partial charge on any atom is 0.163 e. The van der Waals surface area contributed by atoms with Crippen LogP contribution in [0.15, 0.2) is 35.5 Å². The highest BCUT2D eigenvalue weighted by Crippen LogP contribution is 2.57. The molecular formula is C20H28N2O. The van der Waals surface area contributed by atoms with Gasteiger partial charge in [-0.3, -0.25) is 4.90 Å². The van der Waals surface area contributed by atoms with Gasteiger partial charge in [-0.2, -0.15) is 0 Å². The molecule has 1 aliphatic carbocycles. The van der Waals surface area contributed by atoms with E-state index < -0.39 is 0 Å². The summed E-state index contributed by atoms with van der Waals surface area (Å²) in [5, 5.41) is 4.65. The SMILES string of the molecule is CCN1C(C(C)(C)C)C2C(c3ccccc3)=NOC23CCCC13. The van der Waals surface area contributed by atoms with Crippen molar-refractivity contribution in [2.24, 2.45) is 16.5 Å². The number of nitrogens with zero attached hydrogens (tertiary/aromatic N) is 2. The smallest absolute Gasteiger partial charge is 0.163 e. The molecule has 124 valence electrons. The molecule has 1 saturated carbocycles. The van der Waals surface area contributed by atoms with E-state index in [1.54, 1.807) is 0 Å². The molecule has 3 nitrogen and oxygen atoms in total. The average molecular weight is 312 g/mol. The van der Waals surface area contributed by atoms with E-state index in [0.717, 1.165) is 13.0 Å². The molecule has 1 saturated heterocycles. The van der Waals surface area contributed by atoms with Gasteiger partial charge in [0.15, 0.2) is 5.60 Å². The summed E-state index contributed by atoms with van der Waals surface area (Å²) in [7, 11) is 0. The molecule has 1 aromatic rings. The Hall–Kier alpha value is -1.35. The van der Waals surface area contributed by atoms with Crippen LogP contribution in [-0.4, -0.2) is 34.8 Å². The second-order valence-electron chi connectivity index (χ2n) is 8.42. The highest BCUT2D eigenvalue weighted by Gasteiger charge is 2.68. The van der Waals surface area contributed by atoms with Crippen LogP contribution in [0.1, 0.15) is 52.5 Å². The maximum atomic E-state index is 6.26. The Balaban J connectivity index is 1.83. The first-order valence-electron chi connectivity index (χ1n) is 9.06. The summed E-state index contributed by atoms with van der Waals surface area (Å²) in [4.78, 5) is 8.98. The molecule has 0 aromatic heterocycles. The van der Waals surface area contributed by atoms with E-state index in [1.165, 1.54) is 24.1 Å². The molecule has 0 N–H and O–H groups in total. The number of hydrogen-bond donors (Lipinski definition) is 0. The normalized spacial score (nSPS) is 36.5.